The van der Waals surface area contributed by atoms with Crippen LogP contribution in [0.5, 0.6) is 0 Å². The third-order valence-corrected chi connectivity index (χ3v) is 7.94. The number of nitrogens with two attached hydrogens (primary N) is 1. The Morgan fingerprint density at radius 3 is 2.08 bits per heavy atom. The van der Waals surface area contributed by atoms with Crippen molar-refractivity contribution in [3.63, 3.8) is 0 Å². The van der Waals surface area contributed by atoms with Crippen molar-refractivity contribution in [2.24, 2.45) is 7.05 Å². The van der Waals surface area contributed by atoms with Crippen LogP contribution in [0.1, 0.15) is 5.56 Å². The molecule has 0 unspecified atom stereocenters. The first-order valence-electron chi connectivity index (χ1n) is 10.9. The third-order valence-electron chi connectivity index (χ3n) is 6.06. The maximum absolute atomic E-state index is 13.5. The van der Waals surface area contributed by atoms with Gasteiger partial charge in [-0.25, -0.2) is 18.4 Å². The van der Waals surface area contributed by atoms with Crippen LogP contribution in [0.25, 0.3) is 11.1 Å². The smallest absolute Gasteiger partial charge is 0.384 e. The molecule has 17 heteroatoms. The van der Waals surface area contributed by atoms with Crippen molar-refractivity contribution in [1.82, 2.24) is 24.1 Å². The van der Waals surface area contributed by atoms with Crippen molar-refractivity contribution in [2.75, 3.05) is 36.8 Å². The van der Waals surface area contributed by atoms with E-state index in [2.05, 4.69) is 15.1 Å². The molecule has 4 heterocycles. The van der Waals surface area contributed by atoms with Crippen molar-refractivity contribution < 1.29 is 39.9 Å². The van der Waals surface area contributed by atoms with Crippen LogP contribution in [0.3, 0.4) is 0 Å². The number of nitrogens with zero attached hydrogens (tertiary/aromatic N) is 6. The molecule has 0 radical (unpaired) electrons. The van der Waals surface area contributed by atoms with Crippen molar-refractivity contribution >= 4 is 21.7 Å². The van der Waals surface area contributed by atoms with Crippen LogP contribution in [0.15, 0.2) is 47.9 Å². The zero-order valence-corrected chi connectivity index (χ0v) is 20.4. The number of aliphatic hydroxyl groups is 1. The topological polar surface area (TPSA) is 130 Å². The highest BCUT2D eigenvalue weighted by Crippen LogP contribution is 2.51. The van der Waals surface area contributed by atoms with E-state index in [9.17, 15) is 39.9 Å². The van der Waals surface area contributed by atoms with E-state index in [0.717, 1.165) is 6.20 Å². The summed E-state index contributed by atoms with van der Waals surface area (Å²) in [6.45, 7) is -0.0799. The fourth-order valence-corrected chi connectivity index (χ4v) is 5.37. The second-order valence-corrected chi connectivity index (χ2v) is 10.5. The Hall–Kier alpha value is -3.44. The summed E-state index contributed by atoms with van der Waals surface area (Å²) in [6.07, 6.45) is -8.16. The van der Waals surface area contributed by atoms with Crippen LogP contribution in [-0.2, 0) is 22.7 Å². The van der Waals surface area contributed by atoms with Gasteiger partial charge in [0.2, 0.25) is 10.0 Å². The van der Waals surface area contributed by atoms with Gasteiger partial charge in [0.05, 0.1) is 6.20 Å². The number of aromatic nitrogens is 4. The van der Waals surface area contributed by atoms with Crippen molar-refractivity contribution in [3.05, 3.63) is 48.5 Å². The van der Waals surface area contributed by atoms with Gasteiger partial charge >= 0.3 is 12.4 Å². The van der Waals surface area contributed by atoms with Crippen LogP contribution in [-0.4, -0.2) is 76.1 Å². The number of hydrogen-bond acceptors (Lipinski definition) is 8. The maximum Gasteiger partial charge on any atom is 0.430 e. The van der Waals surface area contributed by atoms with Crippen LogP contribution >= 0.6 is 0 Å². The summed E-state index contributed by atoms with van der Waals surface area (Å²) in [5.74, 6) is 0.133. The summed E-state index contributed by atoms with van der Waals surface area (Å²) >= 11 is 0. The molecule has 206 valence electrons. The lowest BCUT2D eigenvalue weighted by Gasteiger charge is -2.36. The number of nitrogen functional groups attached to an aromatic ring is 1. The van der Waals surface area contributed by atoms with E-state index in [1.54, 1.807) is 0 Å². The number of aryl methyl sites for hydroxylation is 1. The summed E-state index contributed by atoms with van der Waals surface area (Å²) < 4.78 is 109. The molecule has 0 saturated carbocycles. The van der Waals surface area contributed by atoms with Crippen LogP contribution in [0.4, 0.5) is 38.0 Å². The largest absolute Gasteiger partial charge is 0.430 e. The standard InChI is InChI=1S/C21H21F6N7O3S/c1-32-12-13(9-31-32)16-8-14(19(35,20(22,23)24)21(25,26)27)10-30-18(16)33-4-6-34(7-5-33)38(36,37)15-2-3-17(28)29-11-15/h2-3,8-12,35H,4-7H2,1H3,(H2,28,29). The van der Waals surface area contributed by atoms with Gasteiger partial charge in [-0.15, -0.1) is 0 Å². The Balaban J connectivity index is 1.69. The number of pyridine rings is 2. The minimum Gasteiger partial charge on any atom is -0.384 e. The van der Waals surface area contributed by atoms with Gasteiger partial charge in [0.25, 0.3) is 5.60 Å². The van der Waals surface area contributed by atoms with Gasteiger partial charge in [0.1, 0.15) is 16.5 Å². The summed E-state index contributed by atoms with van der Waals surface area (Å²) in [7, 11) is -2.43. The highest BCUT2D eigenvalue weighted by atomic mass is 32.2. The molecule has 0 amide bonds. The SMILES string of the molecule is Cn1cc(-c2cc(C(O)(C(F)(F)F)C(F)(F)F)cnc2N2CCN(S(=O)(=O)c3ccc(N)nc3)CC2)cn1. The molecule has 1 aliphatic heterocycles. The Labute approximate surface area is 212 Å². The zero-order valence-electron chi connectivity index (χ0n) is 19.6. The molecule has 4 rings (SSSR count). The molecule has 0 aromatic carbocycles. The second kappa shape index (κ2) is 9.39. The predicted molar refractivity (Wildman–Crippen MR) is 122 cm³/mol. The van der Waals surface area contributed by atoms with E-state index in [-0.39, 0.29) is 53.8 Å². The number of rotatable bonds is 5. The summed E-state index contributed by atoms with van der Waals surface area (Å²) in [6, 6.07) is 3.20. The predicted octanol–water partition coefficient (Wildman–Crippen LogP) is 2.28. The molecular weight excluding hydrogens is 544 g/mol. The van der Waals surface area contributed by atoms with Gasteiger partial charge in [-0.05, 0) is 18.2 Å². The number of alkyl halides is 6. The number of anilines is 2. The monoisotopic (exact) mass is 565 g/mol. The molecule has 3 aromatic rings. The molecule has 10 nitrogen and oxygen atoms in total. The molecule has 3 N–H and O–H groups in total. The first-order chi connectivity index (χ1) is 17.6. The zero-order chi connectivity index (χ0) is 28.1. The van der Waals surface area contributed by atoms with Crippen LogP contribution in [0.2, 0.25) is 0 Å². The molecule has 38 heavy (non-hydrogen) atoms. The van der Waals surface area contributed by atoms with Gasteiger partial charge in [-0.1, -0.05) is 0 Å². The molecule has 1 fully saturated rings. The number of hydrogen-bond donors (Lipinski definition) is 2. The van der Waals surface area contributed by atoms with E-state index in [0.29, 0.717) is 12.3 Å². The molecule has 0 atom stereocenters. The van der Waals surface area contributed by atoms with Crippen molar-refractivity contribution in [3.8, 4) is 11.1 Å². The van der Waals surface area contributed by atoms with Gasteiger partial charge in [0.15, 0.2) is 0 Å². The first kappa shape index (κ1) is 27.6. The Kier molecular flexibility index (Phi) is 6.82. The average molecular weight is 566 g/mol. The van der Waals surface area contributed by atoms with E-state index in [4.69, 9.17) is 5.73 Å². The highest BCUT2D eigenvalue weighted by molar-refractivity contribution is 7.89. The minimum absolute atomic E-state index is 0.000326. The van der Waals surface area contributed by atoms with E-state index < -0.39 is 33.5 Å². The molecule has 0 aliphatic carbocycles. The van der Waals surface area contributed by atoms with Crippen LogP contribution < -0.4 is 10.6 Å². The van der Waals surface area contributed by atoms with E-state index in [1.165, 1.54) is 45.5 Å². The Morgan fingerprint density at radius 1 is 0.947 bits per heavy atom. The van der Waals surface area contributed by atoms with Gasteiger partial charge in [0, 0.05) is 68.5 Å². The fraction of sp³-hybridized carbons (Fsp3) is 0.381. The van der Waals surface area contributed by atoms with Gasteiger partial charge < -0.3 is 15.7 Å². The van der Waals surface area contributed by atoms with Crippen LogP contribution in [0, 0.1) is 0 Å². The number of halogens is 6. The van der Waals surface area contributed by atoms with Crippen molar-refractivity contribution in [1.29, 1.82) is 0 Å². The maximum atomic E-state index is 13.5. The summed E-state index contributed by atoms with van der Waals surface area (Å²) in [5.41, 5.74) is -1.19. The fourth-order valence-electron chi connectivity index (χ4n) is 4.00. The lowest BCUT2D eigenvalue weighted by atomic mass is 9.91. The first-order valence-corrected chi connectivity index (χ1v) is 12.3. The second-order valence-electron chi connectivity index (χ2n) is 8.51. The molecule has 1 saturated heterocycles. The quantitative estimate of drug-likeness (QED) is 0.451. The molecule has 3 aromatic heterocycles. The lowest BCUT2D eigenvalue weighted by Crippen LogP contribution is -2.54. The molecule has 0 bridgehead atoms. The van der Waals surface area contributed by atoms with E-state index >= 15 is 0 Å². The van der Waals surface area contributed by atoms with Crippen molar-refractivity contribution in [2.45, 2.75) is 22.8 Å². The average Bonchev–Trinajstić information content (AvgIpc) is 3.28. The van der Waals surface area contributed by atoms with E-state index in [1.807, 2.05) is 0 Å². The summed E-state index contributed by atoms with van der Waals surface area (Å²) in [5, 5.41) is 13.8. The molecule has 1 aliphatic rings. The number of piperazine rings is 1. The molecular formula is C21H21F6N7O3S. The highest BCUT2D eigenvalue weighted by Gasteiger charge is 2.71. The third kappa shape index (κ3) is 4.76. The minimum atomic E-state index is -6.09. The Bertz CT molecular complexity index is 1400. The molecule has 0 spiro atoms. The Morgan fingerprint density at radius 2 is 1.58 bits per heavy atom. The number of sulfonamides is 1. The lowest BCUT2D eigenvalue weighted by molar-refractivity contribution is -0.376. The van der Waals surface area contributed by atoms with Gasteiger partial charge in [-0.2, -0.15) is 35.7 Å². The summed E-state index contributed by atoms with van der Waals surface area (Å²) in [4.78, 5) is 9.09. The normalized spacial score (nSPS) is 16.2. The van der Waals surface area contributed by atoms with Gasteiger partial charge in [-0.3, -0.25) is 4.68 Å².